The summed E-state index contributed by atoms with van der Waals surface area (Å²) in [4.78, 5) is 36.2. The molecule has 1 heterocycles. The summed E-state index contributed by atoms with van der Waals surface area (Å²) in [7, 11) is 1.38. The van der Waals surface area contributed by atoms with Crippen molar-refractivity contribution in [1.29, 1.82) is 0 Å². The van der Waals surface area contributed by atoms with Gasteiger partial charge >= 0.3 is 5.97 Å². The summed E-state index contributed by atoms with van der Waals surface area (Å²) in [5, 5.41) is 13.9. The molecule has 2 amide bonds. The molecule has 3 aliphatic rings. The minimum Gasteiger partial charge on any atom is -0.493 e. The van der Waals surface area contributed by atoms with E-state index in [0.29, 0.717) is 10.0 Å². The number of amides is 2. The molecule has 4 rings (SSSR count). The van der Waals surface area contributed by atoms with E-state index in [4.69, 9.17) is 26.2 Å². The maximum atomic E-state index is 12.7. The number of allylic oxidation sites excluding steroid dienone is 2. The zero-order valence-electron chi connectivity index (χ0n) is 15.2. The van der Waals surface area contributed by atoms with Crippen molar-refractivity contribution in [3.8, 4) is 11.5 Å². The Morgan fingerprint density at radius 1 is 1.34 bits per heavy atom. The number of hydrazone groups is 1. The molecule has 2 aliphatic carbocycles. The highest BCUT2D eigenvalue weighted by atomic mass is 79.9. The Labute approximate surface area is 179 Å². The Bertz CT molecular complexity index is 948. The van der Waals surface area contributed by atoms with Crippen LogP contribution in [0.5, 0.6) is 11.5 Å². The van der Waals surface area contributed by atoms with Crippen molar-refractivity contribution in [2.24, 2.45) is 28.8 Å². The number of nitrogens with zero attached hydrogens (tertiary/aromatic N) is 2. The van der Waals surface area contributed by atoms with E-state index < -0.39 is 12.6 Å². The molecule has 1 aromatic carbocycles. The first-order valence-electron chi connectivity index (χ1n) is 8.84. The van der Waals surface area contributed by atoms with E-state index in [2.05, 4.69) is 21.0 Å². The van der Waals surface area contributed by atoms with Gasteiger partial charge in [0.2, 0.25) is 0 Å². The van der Waals surface area contributed by atoms with Gasteiger partial charge in [0.15, 0.2) is 18.1 Å². The highest BCUT2D eigenvalue weighted by Crippen LogP contribution is 2.52. The Morgan fingerprint density at radius 2 is 1.97 bits per heavy atom. The molecule has 10 heteroatoms. The third kappa shape index (κ3) is 3.22. The molecule has 0 spiro atoms. The smallest absolute Gasteiger partial charge is 0.341 e. The largest absolute Gasteiger partial charge is 0.493 e. The Morgan fingerprint density at radius 3 is 2.52 bits per heavy atom. The number of carbonyl (C=O) groups excluding carboxylic acids is 2. The fourth-order valence-electron chi connectivity index (χ4n) is 4.24. The van der Waals surface area contributed by atoms with Gasteiger partial charge in [-0.1, -0.05) is 23.8 Å². The molecule has 0 aromatic heterocycles. The summed E-state index contributed by atoms with van der Waals surface area (Å²) in [5.74, 6) is -1.93. The molecule has 29 heavy (non-hydrogen) atoms. The number of carboxylic acid groups (broad SMARTS) is 1. The molecule has 1 saturated heterocycles. The maximum absolute atomic E-state index is 12.7. The molecule has 1 N–H and O–H groups in total. The van der Waals surface area contributed by atoms with Crippen LogP contribution in [0.4, 0.5) is 0 Å². The third-order valence-electron chi connectivity index (χ3n) is 5.48. The number of carbonyl (C=O) groups is 3. The van der Waals surface area contributed by atoms with Crippen LogP contribution < -0.4 is 9.47 Å². The van der Waals surface area contributed by atoms with E-state index in [1.165, 1.54) is 19.4 Å². The van der Waals surface area contributed by atoms with Gasteiger partial charge < -0.3 is 14.6 Å². The van der Waals surface area contributed by atoms with Gasteiger partial charge in [-0.05, 0) is 40.3 Å². The number of benzene rings is 1. The van der Waals surface area contributed by atoms with Crippen LogP contribution in [0.2, 0.25) is 5.02 Å². The molecule has 1 saturated carbocycles. The molecule has 0 radical (unpaired) electrons. The minimum absolute atomic E-state index is 0.0612. The van der Waals surface area contributed by atoms with Gasteiger partial charge in [0, 0.05) is 10.0 Å². The number of aliphatic carboxylic acids is 1. The molecular weight excluding hydrogens is 468 g/mol. The van der Waals surface area contributed by atoms with Crippen LogP contribution >= 0.6 is 27.5 Å². The summed E-state index contributed by atoms with van der Waals surface area (Å²) in [5.41, 5.74) is 0.438. The average molecular weight is 484 g/mol. The number of halogens is 2. The summed E-state index contributed by atoms with van der Waals surface area (Å²) in [6.07, 6.45) is 6.22. The van der Waals surface area contributed by atoms with Crippen LogP contribution in [0.25, 0.3) is 0 Å². The van der Waals surface area contributed by atoms with E-state index in [-0.39, 0.29) is 52.0 Å². The Balaban J connectivity index is 1.60. The molecule has 152 valence electrons. The lowest BCUT2D eigenvalue weighted by Gasteiger charge is -2.14. The second kappa shape index (κ2) is 7.46. The number of hydrogen-bond acceptors (Lipinski definition) is 6. The fraction of sp³-hybridized carbons (Fsp3) is 0.368. The Hall–Kier alpha value is -2.39. The van der Waals surface area contributed by atoms with Crippen molar-refractivity contribution >= 4 is 51.5 Å². The summed E-state index contributed by atoms with van der Waals surface area (Å²) in [6, 6.07) is 1.52. The minimum atomic E-state index is -1.16. The van der Waals surface area contributed by atoms with Gasteiger partial charge in [0.25, 0.3) is 11.8 Å². The predicted octanol–water partition coefficient (Wildman–Crippen LogP) is 2.72. The second-order valence-electron chi connectivity index (χ2n) is 7.04. The van der Waals surface area contributed by atoms with Gasteiger partial charge in [-0.25, -0.2) is 4.79 Å². The van der Waals surface area contributed by atoms with Crippen molar-refractivity contribution in [3.63, 3.8) is 0 Å². The van der Waals surface area contributed by atoms with Crippen molar-refractivity contribution in [1.82, 2.24) is 5.01 Å². The van der Waals surface area contributed by atoms with Crippen LogP contribution in [-0.2, 0) is 14.4 Å². The van der Waals surface area contributed by atoms with Gasteiger partial charge in [-0.2, -0.15) is 10.1 Å². The van der Waals surface area contributed by atoms with Crippen molar-refractivity contribution in [2.75, 3.05) is 13.7 Å². The summed E-state index contributed by atoms with van der Waals surface area (Å²) < 4.78 is 10.8. The molecule has 4 unspecified atom stereocenters. The van der Waals surface area contributed by atoms with Gasteiger partial charge in [0.05, 0.1) is 25.2 Å². The van der Waals surface area contributed by atoms with E-state index in [1.54, 1.807) is 0 Å². The number of methoxy groups -OCH3 is 1. The van der Waals surface area contributed by atoms with E-state index >= 15 is 0 Å². The van der Waals surface area contributed by atoms with Crippen molar-refractivity contribution in [3.05, 3.63) is 33.3 Å². The monoisotopic (exact) mass is 482 g/mol. The maximum Gasteiger partial charge on any atom is 0.341 e. The highest BCUT2D eigenvalue weighted by Gasteiger charge is 2.59. The summed E-state index contributed by atoms with van der Waals surface area (Å²) in [6.45, 7) is -0.591. The fourth-order valence-corrected chi connectivity index (χ4v) is 4.89. The first kappa shape index (κ1) is 19.9. The van der Waals surface area contributed by atoms with Crippen LogP contribution in [0.3, 0.4) is 0 Å². The first-order valence-corrected chi connectivity index (χ1v) is 10.0. The topological polar surface area (TPSA) is 106 Å². The van der Waals surface area contributed by atoms with E-state index in [1.807, 2.05) is 12.2 Å². The quantitative estimate of drug-likeness (QED) is 0.379. The summed E-state index contributed by atoms with van der Waals surface area (Å²) >= 11 is 9.60. The number of ether oxygens (including phenoxy) is 2. The number of rotatable bonds is 6. The van der Waals surface area contributed by atoms with Crippen LogP contribution in [0.15, 0.2) is 27.8 Å². The normalized spacial score (nSPS) is 27.2. The zero-order valence-corrected chi connectivity index (χ0v) is 17.5. The van der Waals surface area contributed by atoms with Gasteiger partial charge in [-0.3, -0.25) is 9.59 Å². The van der Waals surface area contributed by atoms with E-state index in [9.17, 15) is 14.4 Å². The zero-order chi connectivity index (χ0) is 20.9. The second-order valence-corrected chi connectivity index (χ2v) is 8.21. The number of imide groups is 1. The lowest BCUT2D eigenvalue weighted by Crippen LogP contribution is -2.28. The van der Waals surface area contributed by atoms with Gasteiger partial charge in [-0.15, -0.1) is 0 Å². The van der Waals surface area contributed by atoms with Crippen molar-refractivity contribution in [2.45, 2.75) is 6.42 Å². The lowest BCUT2D eigenvalue weighted by atomic mass is 9.85. The van der Waals surface area contributed by atoms with Gasteiger partial charge in [0.1, 0.15) is 5.02 Å². The SMILES string of the molecule is COc1cc(C=NN2C(=O)C3C4C=CC(C4)C3C2=O)c(Br)c(Cl)c1OCC(=O)O. The lowest BCUT2D eigenvalue weighted by molar-refractivity contribution is -0.141. The predicted molar refractivity (Wildman–Crippen MR) is 106 cm³/mol. The van der Waals surface area contributed by atoms with Crippen LogP contribution in [-0.4, -0.2) is 47.8 Å². The first-order chi connectivity index (χ1) is 13.8. The Kier molecular flexibility index (Phi) is 5.12. The van der Waals surface area contributed by atoms with Crippen molar-refractivity contribution < 1.29 is 29.0 Å². The van der Waals surface area contributed by atoms with E-state index in [0.717, 1.165) is 11.4 Å². The highest BCUT2D eigenvalue weighted by molar-refractivity contribution is 9.10. The number of fused-ring (bicyclic) bond motifs is 5. The molecule has 1 aromatic rings. The third-order valence-corrected chi connectivity index (χ3v) is 6.92. The van der Waals surface area contributed by atoms with Crippen LogP contribution in [0, 0.1) is 23.7 Å². The number of carboxylic acids is 1. The molecular formula is C19H16BrClN2O6. The molecule has 2 fully saturated rings. The molecule has 1 aliphatic heterocycles. The number of hydrogen-bond donors (Lipinski definition) is 1. The molecule has 4 atom stereocenters. The van der Waals surface area contributed by atoms with Crippen LogP contribution in [0.1, 0.15) is 12.0 Å². The standard InChI is InChI=1S/C19H16BrClN2O6/c1-28-11-5-10(15(20)16(21)17(11)29-7-12(24)25)6-22-23-18(26)13-8-2-3-9(4-8)14(13)19(23)27/h2-3,5-6,8-9,13-14H,4,7H2,1H3,(H,24,25). The molecule has 8 nitrogen and oxygen atoms in total. The molecule has 2 bridgehead atoms. The average Bonchev–Trinajstić information content (AvgIpc) is 3.36.